The Morgan fingerprint density at radius 2 is 2.00 bits per heavy atom. The third kappa shape index (κ3) is 5.95. The maximum atomic E-state index is 13.4. The SMILES string of the molecule is CCC[C@@H]1C[C@H](N(C)C(C)C)CC[C@@H]1N1CC[C@H](NC(=O)c2ccnc(C(C)(C)C)c2)C1=O. The van der Waals surface area contributed by atoms with Crippen molar-refractivity contribution in [1.82, 2.24) is 20.1 Å². The van der Waals surface area contributed by atoms with Crippen molar-refractivity contribution in [2.45, 2.75) is 110 Å². The summed E-state index contributed by atoms with van der Waals surface area (Å²) in [5.74, 6) is 0.439. The minimum absolute atomic E-state index is 0.0928. The van der Waals surface area contributed by atoms with Crippen LogP contribution in [0.2, 0.25) is 0 Å². The van der Waals surface area contributed by atoms with Gasteiger partial charge in [0.2, 0.25) is 5.91 Å². The second-order valence-electron chi connectivity index (χ2n) is 11.4. The van der Waals surface area contributed by atoms with E-state index < -0.39 is 6.04 Å². The maximum Gasteiger partial charge on any atom is 0.252 e. The second kappa shape index (κ2) is 10.5. The van der Waals surface area contributed by atoms with Gasteiger partial charge in [0.25, 0.3) is 5.91 Å². The molecule has 4 atom stereocenters. The van der Waals surface area contributed by atoms with Crippen molar-refractivity contribution in [1.29, 1.82) is 0 Å². The number of hydrogen-bond acceptors (Lipinski definition) is 4. The average molecular weight is 457 g/mol. The quantitative estimate of drug-likeness (QED) is 0.661. The molecule has 2 amide bonds. The standard InChI is InChI=1S/C27H44N4O2/c1-8-9-19-16-21(30(7)18(2)3)10-11-23(19)31-15-13-22(26(31)33)29-25(32)20-12-14-28-24(17-20)27(4,5)6/h12,14,17-19,21-23H,8-11,13,15-16H2,1-7H3,(H,29,32)/t19-,21-,22+,23+/m1/s1. The summed E-state index contributed by atoms with van der Waals surface area (Å²) in [4.78, 5) is 35.3. The van der Waals surface area contributed by atoms with E-state index in [1.165, 1.54) is 0 Å². The Balaban J connectivity index is 1.66. The maximum absolute atomic E-state index is 13.4. The first-order chi connectivity index (χ1) is 15.5. The lowest BCUT2D eigenvalue weighted by molar-refractivity contribution is -0.133. The summed E-state index contributed by atoms with van der Waals surface area (Å²) in [6.45, 7) is 13.7. The van der Waals surface area contributed by atoms with Gasteiger partial charge in [-0.2, -0.15) is 0 Å². The van der Waals surface area contributed by atoms with Gasteiger partial charge in [0.15, 0.2) is 0 Å². The number of nitrogens with one attached hydrogen (secondary N) is 1. The van der Waals surface area contributed by atoms with Gasteiger partial charge in [0.1, 0.15) is 6.04 Å². The van der Waals surface area contributed by atoms with Gasteiger partial charge in [-0.25, -0.2) is 0 Å². The van der Waals surface area contributed by atoms with Crippen LogP contribution in [0.5, 0.6) is 0 Å². The number of nitrogens with zero attached hydrogens (tertiary/aromatic N) is 3. The van der Waals surface area contributed by atoms with Crippen LogP contribution in [-0.4, -0.2) is 64.4 Å². The smallest absolute Gasteiger partial charge is 0.252 e. The summed E-state index contributed by atoms with van der Waals surface area (Å²) in [6.07, 6.45) is 8.00. The minimum Gasteiger partial charge on any atom is -0.340 e. The molecular formula is C27H44N4O2. The summed E-state index contributed by atoms with van der Waals surface area (Å²) >= 11 is 0. The molecule has 6 nitrogen and oxygen atoms in total. The molecule has 1 aromatic heterocycles. The van der Waals surface area contributed by atoms with E-state index in [-0.39, 0.29) is 17.2 Å². The fourth-order valence-electron chi connectivity index (χ4n) is 5.49. The lowest BCUT2D eigenvalue weighted by Gasteiger charge is -2.44. The summed E-state index contributed by atoms with van der Waals surface area (Å²) < 4.78 is 0. The summed E-state index contributed by atoms with van der Waals surface area (Å²) in [5, 5.41) is 3.02. The fraction of sp³-hybridized carbons (Fsp3) is 0.741. The number of carbonyl (C=O) groups is 2. The Labute approximate surface area is 200 Å². The molecule has 2 heterocycles. The molecule has 1 aromatic rings. The molecule has 1 saturated heterocycles. The third-order valence-corrected chi connectivity index (χ3v) is 7.70. The number of likely N-dealkylation sites (tertiary alicyclic amines) is 1. The Kier molecular flexibility index (Phi) is 8.20. The van der Waals surface area contributed by atoms with Crippen LogP contribution in [0.4, 0.5) is 0 Å². The predicted molar refractivity (Wildman–Crippen MR) is 133 cm³/mol. The second-order valence-corrected chi connectivity index (χ2v) is 11.4. The van der Waals surface area contributed by atoms with Crippen molar-refractivity contribution in [3.05, 3.63) is 29.6 Å². The van der Waals surface area contributed by atoms with Crippen LogP contribution in [0.15, 0.2) is 18.3 Å². The van der Waals surface area contributed by atoms with E-state index in [0.717, 1.165) is 44.3 Å². The number of rotatable bonds is 7. The van der Waals surface area contributed by atoms with Gasteiger partial charge in [-0.1, -0.05) is 34.1 Å². The zero-order valence-corrected chi connectivity index (χ0v) is 21.7. The highest BCUT2D eigenvalue weighted by atomic mass is 16.2. The highest BCUT2D eigenvalue weighted by molar-refractivity contribution is 5.98. The topological polar surface area (TPSA) is 65.5 Å². The lowest BCUT2D eigenvalue weighted by Crippen LogP contribution is -2.51. The van der Waals surface area contributed by atoms with Crippen molar-refractivity contribution < 1.29 is 9.59 Å². The molecule has 0 spiro atoms. The highest BCUT2D eigenvalue weighted by Gasteiger charge is 2.42. The predicted octanol–water partition coefficient (Wildman–Crippen LogP) is 4.39. The lowest BCUT2D eigenvalue weighted by atomic mass is 9.77. The van der Waals surface area contributed by atoms with Gasteiger partial charge < -0.3 is 15.1 Å². The molecule has 0 aromatic carbocycles. The third-order valence-electron chi connectivity index (χ3n) is 7.70. The van der Waals surface area contributed by atoms with Crippen molar-refractivity contribution in [3.8, 4) is 0 Å². The van der Waals surface area contributed by atoms with Gasteiger partial charge in [0.05, 0.1) is 0 Å². The Morgan fingerprint density at radius 3 is 2.64 bits per heavy atom. The number of hydrogen-bond donors (Lipinski definition) is 1. The van der Waals surface area contributed by atoms with Crippen LogP contribution in [0.1, 0.15) is 96.1 Å². The highest BCUT2D eigenvalue weighted by Crippen LogP contribution is 2.36. The van der Waals surface area contributed by atoms with Crippen LogP contribution in [0.3, 0.4) is 0 Å². The molecule has 33 heavy (non-hydrogen) atoms. The Bertz CT molecular complexity index is 832. The largest absolute Gasteiger partial charge is 0.340 e. The summed E-state index contributed by atoms with van der Waals surface area (Å²) in [6, 6.07) is 4.57. The van der Waals surface area contributed by atoms with Crippen LogP contribution in [-0.2, 0) is 10.2 Å². The first kappa shape index (κ1) is 25.7. The number of aromatic nitrogens is 1. The van der Waals surface area contributed by atoms with E-state index >= 15 is 0 Å². The molecule has 6 heteroatoms. The molecule has 1 N–H and O–H groups in total. The van der Waals surface area contributed by atoms with E-state index in [9.17, 15) is 9.59 Å². The van der Waals surface area contributed by atoms with E-state index in [1.807, 2.05) is 6.07 Å². The van der Waals surface area contributed by atoms with Gasteiger partial charge in [0, 0.05) is 47.5 Å². The van der Waals surface area contributed by atoms with Crippen molar-refractivity contribution in [3.63, 3.8) is 0 Å². The van der Waals surface area contributed by atoms with E-state index in [2.05, 4.69) is 68.7 Å². The molecular weight excluding hydrogens is 412 g/mol. The molecule has 184 valence electrons. The molecule has 2 fully saturated rings. The van der Waals surface area contributed by atoms with Gasteiger partial charge >= 0.3 is 0 Å². The molecule has 2 aliphatic rings. The fourth-order valence-corrected chi connectivity index (χ4v) is 5.49. The Morgan fingerprint density at radius 1 is 1.27 bits per heavy atom. The van der Waals surface area contributed by atoms with E-state index in [0.29, 0.717) is 36.0 Å². The van der Waals surface area contributed by atoms with Crippen molar-refractivity contribution in [2.24, 2.45) is 5.92 Å². The normalized spacial score (nSPS) is 26.3. The molecule has 0 radical (unpaired) electrons. The van der Waals surface area contributed by atoms with E-state index in [4.69, 9.17) is 0 Å². The van der Waals surface area contributed by atoms with Gasteiger partial charge in [-0.3, -0.25) is 14.6 Å². The first-order valence-corrected chi connectivity index (χ1v) is 12.8. The first-order valence-electron chi connectivity index (χ1n) is 12.8. The number of carbonyl (C=O) groups excluding carboxylic acids is 2. The van der Waals surface area contributed by atoms with Gasteiger partial charge in [-0.05, 0) is 71.0 Å². The molecule has 1 saturated carbocycles. The zero-order chi connectivity index (χ0) is 24.3. The van der Waals surface area contributed by atoms with Crippen LogP contribution in [0, 0.1) is 5.92 Å². The van der Waals surface area contributed by atoms with Crippen LogP contribution < -0.4 is 5.32 Å². The molecule has 0 bridgehead atoms. The molecule has 1 aliphatic carbocycles. The molecule has 3 rings (SSSR count). The van der Waals surface area contributed by atoms with Crippen molar-refractivity contribution >= 4 is 11.8 Å². The van der Waals surface area contributed by atoms with Crippen molar-refractivity contribution in [2.75, 3.05) is 13.6 Å². The monoisotopic (exact) mass is 456 g/mol. The summed E-state index contributed by atoms with van der Waals surface area (Å²) in [5.41, 5.74) is 1.31. The summed E-state index contributed by atoms with van der Waals surface area (Å²) in [7, 11) is 2.23. The number of amides is 2. The van der Waals surface area contributed by atoms with Crippen LogP contribution in [0.25, 0.3) is 0 Å². The van der Waals surface area contributed by atoms with Gasteiger partial charge in [-0.15, -0.1) is 0 Å². The minimum atomic E-state index is -0.429. The van der Waals surface area contributed by atoms with Crippen LogP contribution >= 0.6 is 0 Å². The molecule has 0 unspecified atom stereocenters. The van der Waals surface area contributed by atoms with E-state index in [1.54, 1.807) is 12.3 Å². The number of pyridine rings is 1. The zero-order valence-electron chi connectivity index (χ0n) is 21.7. The Hall–Kier alpha value is -1.95. The molecule has 1 aliphatic heterocycles. The average Bonchev–Trinajstić information content (AvgIpc) is 3.12.